The first-order valence-corrected chi connectivity index (χ1v) is 7.75. The van der Waals surface area contributed by atoms with Crippen molar-refractivity contribution < 1.29 is 23.2 Å². The molecule has 1 aromatic carbocycles. The molecule has 0 saturated carbocycles. The van der Waals surface area contributed by atoms with Crippen LogP contribution in [0.1, 0.15) is 11.3 Å². The lowest BCUT2D eigenvalue weighted by molar-refractivity contribution is -0.125. The molecular formula is C18H18N2O5. The van der Waals surface area contributed by atoms with Gasteiger partial charge in [0.25, 0.3) is 0 Å². The Labute approximate surface area is 143 Å². The Bertz CT molecular complexity index is 867. The Morgan fingerprint density at radius 1 is 1.12 bits per heavy atom. The Morgan fingerprint density at radius 2 is 2.00 bits per heavy atom. The summed E-state index contributed by atoms with van der Waals surface area (Å²) in [6, 6.07) is 8.92. The molecule has 2 amide bonds. The summed E-state index contributed by atoms with van der Waals surface area (Å²) < 4.78 is 15.7. The SMILES string of the molecule is COc1ccc2c(CC(=O)NCC(=O)NCc3ccco3)coc2c1. The summed E-state index contributed by atoms with van der Waals surface area (Å²) in [5.41, 5.74) is 1.41. The van der Waals surface area contributed by atoms with Crippen molar-refractivity contribution in [2.75, 3.05) is 13.7 Å². The molecule has 0 saturated heterocycles. The van der Waals surface area contributed by atoms with Crippen molar-refractivity contribution in [2.45, 2.75) is 13.0 Å². The van der Waals surface area contributed by atoms with Crippen LogP contribution in [0.5, 0.6) is 5.75 Å². The molecule has 2 N–H and O–H groups in total. The lowest BCUT2D eigenvalue weighted by Gasteiger charge is -2.05. The van der Waals surface area contributed by atoms with Gasteiger partial charge in [0, 0.05) is 17.0 Å². The Balaban J connectivity index is 1.50. The molecule has 0 aliphatic carbocycles. The highest BCUT2D eigenvalue weighted by Crippen LogP contribution is 2.25. The third-order valence-electron chi connectivity index (χ3n) is 3.70. The molecule has 0 radical (unpaired) electrons. The first-order valence-electron chi connectivity index (χ1n) is 7.75. The van der Waals surface area contributed by atoms with Crippen molar-refractivity contribution >= 4 is 22.8 Å². The van der Waals surface area contributed by atoms with Crippen LogP contribution in [-0.4, -0.2) is 25.5 Å². The number of nitrogens with one attached hydrogen (secondary N) is 2. The lowest BCUT2D eigenvalue weighted by atomic mass is 10.1. The van der Waals surface area contributed by atoms with Crippen molar-refractivity contribution in [2.24, 2.45) is 0 Å². The highest BCUT2D eigenvalue weighted by molar-refractivity contribution is 5.90. The van der Waals surface area contributed by atoms with Gasteiger partial charge in [0.15, 0.2) is 0 Å². The maximum absolute atomic E-state index is 12.0. The monoisotopic (exact) mass is 342 g/mol. The van der Waals surface area contributed by atoms with Crippen LogP contribution >= 0.6 is 0 Å². The van der Waals surface area contributed by atoms with E-state index in [9.17, 15) is 9.59 Å². The number of ether oxygens (including phenoxy) is 1. The smallest absolute Gasteiger partial charge is 0.239 e. The molecule has 0 bridgehead atoms. The molecule has 0 aliphatic rings. The molecular weight excluding hydrogens is 324 g/mol. The van der Waals surface area contributed by atoms with Gasteiger partial charge in [0.05, 0.1) is 39.1 Å². The predicted molar refractivity (Wildman–Crippen MR) is 90.0 cm³/mol. The van der Waals surface area contributed by atoms with E-state index in [0.29, 0.717) is 17.1 Å². The number of methoxy groups -OCH3 is 1. The van der Waals surface area contributed by atoms with Crippen LogP contribution in [0.25, 0.3) is 11.0 Å². The van der Waals surface area contributed by atoms with Crippen molar-refractivity contribution in [3.63, 3.8) is 0 Å². The van der Waals surface area contributed by atoms with E-state index in [-0.39, 0.29) is 31.3 Å². The van der Waals surface area contributed by atoms with Gasteiger partial charge in [-0.3, -0.25) is 9.59 Å². The summed E-state index contributed by atoms with van der Waals surface area (Å²) in [4.78, 5) is 23.8. The van der Waals surface area contributed by atoms with Crippen molar-refractivity contribution in [1.82, 2.24) is 10.6 Å². The molecule has 7 heteroatoms. The zero-order valence-corrected chi connectivity index (χ0v) is 13.7. The molecule has 2 heterocycles. The zero-order chi connectivity index (χ0) is 17.6. The minimum absolute atomic E-state index is 0.0941. The van der Waals surface area contributed by atoms with Crippen LogP contribution in [0.3, 0.4) is 0 Å². The molecule has 0 spiro atoms. The summed E-state index contributed by atoms with van der Waals surface area (Å²) in [5.74, 6) is 0.796. The van der Waals surface area contributed by atoms with E-state index in [2.05, 4.69) is 10.6 Å². The highest BCUT2D eigenvalue weighted by Gasteiger charge is 2.12. The summed E-state index contributed by atoms with van der Waals surface area (Å²) in [6.45, 7) is 0.194. The quantitative estimate of drug-likeness (QED) is 0.685. The molecule has 0 aliphatic heterocycles. The van der Waals surface area contributed by atoms with Crippen LogP contribution < -0.4 is 15.4 Å². The first kappa shape index (κ1) is 16.6. The fraction of sp³-hybridized carbons (Fsp3) is 0.222. The lowest BCUT2D eigenvalue weighted by Crippen LogP contribution is -2.37. The number of carbonyl (C=O) groups is 2. The molecule has 3 aromatic rings. The second kappa shape index (κ2) is 7.57. The second-order valence-corrected chi connectivity index (χ2v) is 5.43. The molecule has 130 valence electrons. The van der Waals surface area contributed by atoms with Crippen LogP contribution in [0.15, 0.2) is 51.7 Å². The van der Waals surface area contributed by atoms with E-state index in [1.807, 2.05) is 6.07 Å². The van der Waals surface area contributed by atoms with Gasteiger partial charge in [-0.2, -0.15) is 0 Å². The van der Waals surface area contributed by atoms with Crippen molar-refractivity contribution in [3.05, 3.63) is 54.2 Å². The van der Waals surface area contributed by atoms with Crippen molar-refractivity contribution in [1.29, 1.82) is 0 Å². The average Bonchev–Trinajstić information content (AvgIpc) is 3.28. The average molecular weight is 342 g/mol. The molecule has 7 nitrogen and oxygen atoms in total. The fourth-order valence-corrected chi connectivity index (χ4v) is 2.40. The van der Waals surface area contributed by atoms with Gasteiger partial charge in [-0.25, -0.2) is 0 Å². The normalized spacial score (nSPS) is 10.6. The second-order valence-electron chi connectivity index (χ2n) is 5.43. The first-order chi connectivity index (χ1) is 12.2. The third-order valence-corrected chi connectivity index (χ3v) is 3.70. The number of rotatable bonds is 7. The van der Waals surface area contributed by atoms with Crippen LogP contribution in [0.4, 0.5) is 0 Å². The van der Waals surface area contributed by atoms with Gasteiger partial charge in [-0.1, -0.05) is 0 Å². The van der Waals surface area contributed by atoms with Gasteiger partial charge in [0.1, 0.15) is 17.1 Å². The summed E-state index contributed by atoms with van der Waals surface area (Å²) in [5, 5.41) is 6.10. The zero-order valence-electron chi connectivity index (χ0n) is 13.7. The largest absolute Gasteiger partial charge is 0.497 e. The van der Waals surface area contributed by atoms with E-state index in [1.165, 1.54) is 6.26 Å². The topological polar surface area (TPSA) is 93.7 Å². The number of furan rings is 2. The van der Waals surface area contributed by atoms with Crippen LogP contribution in [0, 0.1) is 0 Å². The Morgan fingerprint density at radius 3 is 2.76 bits per heavy atom. The molecule has 25 heavy (non-hydrogen) atoms. The molecule has 0 fully saturated rings. The maximum Gasteiger partial charge on any atom is 0.239 e. The van der Waals surface area contributed by atoms with Gasteiger partial charge in [-0.05, 0) is 24.3 Å². The number of benzene rings is 1. The molecule has 2 aromatic heterocycles. The number of amides is 2. The van der Waals surface area contributed by atoms with Crippen LogP contribution in [0.2, 0.25) is 0 Å². The third kappa shape index (κ3) is 4.20. The van der Waals surface area contributed by atoms with Gasteiger partial charge in [0.2, 0.25) is 11.8 Å². The minimum Gasteiger partial charge on any atom is -0.497 e. The standard InChI is InChI=1S/C18H18N2O5/c1-23-13-4-5-15-12(11-25-16(15)8-13)7-17(21)20-10-18(22)19-9-14-3-2-6-24-14/h2-6,8,11H,7,9-10H2,1H3,(H,19,22)(H,20,21). The summed E-state index contributed by atoms with van der Waals surface area (Å²) in [6.07, 6.45) is 3.21. The van der Waals surface area contributed by atoms with E-state index in [0.717, 1.165) is 10.9 Å². The van der Waals surface area contributed by atoms with E-state index < -0.39 is 0 Å². The Hall–Kier alpha value is -3.22. The summed E-state index contributed by atoms with van der Waals surface area (Å²) in [7, 11) is 1.58. The van der Waals surface area contributed by atoms with Gasteiger partial charge < -0.3 is 24.2 Å². The maximum atomic E-state index is 12.0. The number of carbonyl (C=O) groups excluding carboxylic acids is 2. The van der Waals surface area contributed by atoms with Crippen molar-refractivity contribution in [3.8, 4) is 5.75 Å². The fourth-order valence-electron chi connectivity index (χ4n) is 2.40. The van der Waals surface area contributed by atoms with E-state index in [4.69, 9.17) is 13.6 Å². The number of hydrogen-bond acceptors (Lipinski definition) is 5. The molecule has 0 unspecified atom stereocenters. The Kier molecular flexibility index (Phi) is 5.03. The number of hydrogen-bond donors (Lipinski definition) is 2. The van der Waals surface area contributed by atoms with E-state index >= 15 is 0 Å². The van der Waals surface area contributed by atoms with Gasteiger partial charge >= 0.3 is 0 Å². The predicted octanol–water partition coefficient (Wildman–Crippen LogP) is 2.01. The molecule has 3 rings (SSSR count). The molecule has 0 atom stereocenters. The van der Waals surface area contributed by atoms with E-state index in [1.54, 1.807) is 37.6 Å². The van der Waals surface area contributed by atoms with Gasteiger partial charge in [-0.15, -0.1) is 0 Å². The highest BCUT2D eigenvalue weighted by atomic mass is 16.5. The van der Waals surface area contributed by atoms with Crippen LogP contribution in [-0.2, 0) is 22.6 Å². The minimum atomic E-state index is -0.286. The number of fused-ring (bicyclic) bond motifs is 1. The summed E-state index contributed by atoms with van der Waals surface area (Å²) >= 11 is 0.